The largest absolute Gasteiger partial charge is 0.488 e. The van der Waals surface area contributed by atoms with Gasteiger partial charge in [0.2, 0.25) is 5.88 Å². The van der Waals surface area contributed by atoms with Gasteiger partial charge in [0.25, 0.3) is 0 Å². The van der Waals surface area contributed by atoms with Crippen LogP contribution in [0.3, 0.4) is 0 Å². The lowest BCUT2D eigenvalue weighted by Gasteiger charge is -2.37. The van der Waals surface area contributed by atoms with Gasteiger partial charge in [-0.25, -0.2) is 14.8 Å². The molecule has 0 saturated carbocycles. The molecule has 1 aliphatic heterocycles. The minimum atomic E-state index is -4.61. The smallest absolute Gasteiger partial charge is 0.481 e. The van der Waals surface area contributed by atoms with Crippen LogP contribution in [0.2, 0.25) is 0 Å². The summed E-state index contributed by atoms with van der Waals surface area (Å²) in [5.74, 6) is -0.742. The summed E-state index contributed by atoms with van der Waals surface area (Å²) in [7, 11) is -0.589. The minimum absolute atomic E-state index is 0.0119. The molecule has 1 aliphatic rings. The van der Waals surface area contributed by atoms with E-state index >= 15 is 0 Å². The second-order valence-corrected chi connectivity index (χ2v) is 6.91. The highest BCUT2D eigenvalue weighted by Gasteiger charge is 2.46. The summed E-state index contributed by atoms with van der Waals surface area (Å²) in [4.78, 5) is 21.3. The minimum Gasteiger partial charge on any atom is -0.481 e. The van der Waals surface area contributed by atoms with Crippen molar-refractivity contribution in [1.82, 2.24) is 14.9 Å². The predicted molar refractivity (Wildman–Crippen MR) is 104 cm³/mol. The number of aromatic nitrogens is 2. The van der Waals surface area contributed by atoms with E-state index in [9.17, 15) is 28.0 Å². The maximum atomic E-state index is 14.0. The number of rotatable bonds is 6. The second kappa shape index (κ2) is 9.21. The van der Waals surface area contributed by atoms with Gasteiger partial charge in [-0.05, 0) is 42.1 Å². The average Bonchev–Trinajstić information content (AvgIpc) is 2.72. The number of ether oxygens (including phenoxy) is 2. The lowest BCUT2D eigenvalue weighted by molar-refractivity contribution is -0.189. The summed E-state index contributed by atoms with van der Waals surface area (Å²) in [6, 6.07) is 1.72. The Morgan fingerprint density at radius 1 is 1.35 bits per heavy atom. The SMILES string of the molecule is CCOC(=O)c1cc(B(O)O)c2c(n1)CN(C(c1ccnc(OC)c1)C(F)(F)F)CC2. The Balaban J connectivity index is 2.02. The van der Waals surface area contributed by atoms with Crippen molar-refractivity contribution in [2.24, 2.45) is 0 Å². The van der Waals surface area contributed by atoms with Crippen molar-refractivity contribution < 1.29 is 37.5 Å². The number of pyridine rings is 2. The van der Waals surface area contributed by atoms with Crippen LogP contribution < -0.4 is 10.2 Å². The molecule has 1 unspecified atom stereocenters. The van der Waals surface area contributed by atoms with Crippen molar-refractivity contribution in [3.05, 3.63) is 46.9 Å². The molecule has 12 heteroatoms. The Kier molecular flexibility index (Phi) is 6.82. The van der Waals surface area contributed by atoms with Gasteiger partial charge in [-0.2, -0.15) is 13.2 Å². The number of halogens is 3. The van der Waals surface area contributed by atoms with Gasteiger partial charge < -0.3 is 19.5 Å². The molecule has 2 aromatic heterocycles. The van der Waals surface area contributed by atoms with Gasteiger partial charge >= 0.3 is 19.3 Å². The van der Waals surface area contributed by atoms with Crippen LogP contribution in [0.4, 0.5) is 13.2 Å². The molecule has 31 heavy (non-hydrogen) atoms. The summed E-state index contributed by atoms with van der Waals surface area (Å²) < 4.78 is 52.0. The van der Waals surface area contributed by atoms with Gasteiger partial charge in [-0.15, -0.1) is 0 Å². The number of carbonyl (C=O) groups is 1. The van der Waals surface area contributed by atoms with Crippen LogP contribution >= 0.6 is 0 Å². The fourth-order valence-electron chi connectivity index (χ4n) is 3.67. The number of nitrogens with zero attached hydrogens (tertiary/aromatic N) is 3. The molecule has 1 atom stereocenters. The van der Waals surface area contributed by atoms with Crippen LogP contribution in [-0.2, 0) is 17.7 Å². The first-order valence-corrected chi connectivity index (χ1v) is 9.52. The molecule has 0 bridgehead atoms. The molecule has 8 nitrogen and oxygen atoms in total. The number of hydrogen-bond acceptors (Lipinski definition) is 8. The molecule has 2 aromatic rings. The zero-order valence-electron chi connectivity index (χ0n) is 16.9. The van der Waals surface area contributed by atoms with Gasteiger partial charge in [0.1, 0.15) is 11.7 Å². The first kappa shape index (κ1) is 23.0. The lowest BCUT2D eigenvalue weighted by Crippen LogP contribution is -2.45. The number of hydrogen-bond donors (Lipinski definition) is 2. The molecular formula is C19H21BF3N3O5. The number of alkyl halides is 3. The molecule has 0 amide bonds. The van der Waals surface area contributed by atoms with E-state index in [1.807, 2.05) is 0 Å². The van der Waals surface area contributed by atoms with Crippen LogP contribution in [0.25, 0.3) is 0 Å². The van der Waals surface area contributed by atoms with Gasteiger partial charge in [0, 0.05) is 25.4 Å². The summed E-state index contributed by atoms with van der Waals surface area (Å²) in [6.07, 6.45) is -3.28. The predicted octanol–water partition coefficient (Wildman–Crippen LogP) is 1.00. The first-order chi connectivity index (χ1) is 14.7. The molecule has 3 rings (SSSR count). The molecule has 0 saturated heterocycles. The topological polar surface area (TPSA) is 105 Å². The van der Waals surface area contributed by atoms with Gasteiger partial charge in [-0.3, -0.25) is 4.90 Å². The molecule has 0 aromatic carbocycles. The molecule has 0 spiro atoms. The maximum absolute atomic E-state index is 14.0. The normalized spacial score (nSPS) is 15.2. The van der Waals surface area contributed by atoms with Crippen LogP contribution in [0.5, 0.6) is 5.88 Å². The van der Waals surface area contributed by atoms with Crippen molar-refractivity contribution in [2.45, 2.75) is 32.1 Å². The standard InChI is InChI=1S/C19H21BF3N3O5/c1-3-31-18(27)14-9-13(20(28)29)12-5-7-26(10-15(12)25-14)17(19(21,22)23)11-4-6-24-16(8-11)30-2/h4,6,8-9,17,28-29H,3,5,7,10H2,1-2H3. The molecule has 0 fully saturated rings. The number of fused-ring (bicyclic) bond motifs is 1. The molecule has 0 radical (unpaired) electrons. The number of esters is 1. The summed E-state index contributed by atoms with van der Waals surface area (Å²) >= 11 is 0. The van der Waals surface area contributed by atoms with Crippen molar-refractivity contribution in [2.75, 3.05) is 20.3 Å². The summed E-state index contributed by atoms with van der Waals surface area (Å²) in [5, 5.41) is 19.4. The third-order valence-corrected chi connectivity index (χ3v) is 4.97. The highest BCUT2D eigenvalue weighted by Crippen LogP contribution is 2.40. The average molecular weight is 439 g/mol. The van der Waals surface area contributed by atoms with Crippen LogP contribution in [-0.4, -0.2) is 64.4 Å². The van der Waals surface area contributed by atoms with Gasteiger partial charge in [-0.1, -0.05) is 0 Å². The van der Waals surface area contributed by atoms with Crippen molar-refractivity contribution in [1.29, 1.82) is 0 Å². The molecular weight excluding hydrogens is 418 g/mol. The highest BCUT2D eigenvalue weighted by atomic mass is 19.4. The van der Waals surface area contributed by atoms with Crippen molar-refractivity contribution in [3.63, 3.8) is 0 Å². The Morgan fingerprint density at radius 3 is 2.71 bits per heavy atom. The molecule has 3 heterocycles. The Hall–Kier alpha value is -2.70. The van der Waals surface area contributed by atoms with Crippen LogP contribution in [0.15, 0.2) is 24.4 Å². The number of carbonyl (C=O) groups excluding carboxylic acids is 1. The highest BCUT2D eigenvalue weighted by molar-refractivity contribution is 6.59. The van der Waals surface area contributed by atoms with E-state index in [0.29, 0.717) is 5.56 Å². The Morgan fingerprint density at radius 2 is 2.10 bits per heavy atom. The number of methoxy groups -OCH3 is 1. The maximum Gasteiger partial charge on any atom is 0.488 e. The first-order valence-electron chi connectivity index (χ1n) is 9.52. The van der Waals surface area contributed by atoms with E-state index < -0.39 is 25.3 Å². The summed E-state index contributed by atoms with van der Waals surface area (Å²) in [5.41, 5.74) is 0.357. The van der Waals surface area contributed by atoms with E-state index in [0.717, 1.165) is 0 Å². The van der Waals surface area contributed by atoms with Crippen molar-refractivity contribution >= 4 is 18.6 Å². The van der Waals surface area contributed by atoms with E-state index in [4.69, 9.17) is 9.47 Å². The van der Waals surface area contributed by atoms with Gasteiger partial charge in [0.15, 0.2) is 0 Å². The molecule has 2 N–H and O–H groups in total. The quantitative estimate of drug-likeness (QED) is 0.508. The Bertz CT molecular complexity index is 958. The third-order valence-electron chi connectivity index (χ3n) is 4.97. The fourth-order valence-corrected chi connectivity index (χ4v) is 3.67. The zero-order chi connectivity index (χ0) is 22.8. The van der Waals surface area contributed by atoms with E-state index in [2.05, 4.69) is 9.97 Å². The van der Waals surface area contributed by atoms with E-state index in [-0.39, 0.29) is 54.4 Å². The second-order valence-electron chi connectivity index (χ2n) is 6.91. The van der Waals surface area contributed by atoms with Crippen molar-refractivity contribution in [3.8, 4) is 5.88 Å². The fraction of sp³-hybridized carbons (Fsp3) is 0.421. The lowest BCUT2D eigenvalue weighted by atomic mass is 9.74. The molecule has 166 valence electrons. The molecule has 0 aliphatic carbocycles. The zero-order valence-corrected chi connectivity index (χ0v) is 16.9. The van der Waals surface area contributed by atoms with Gasteiger partial charge in [0.05, 0.1) is 19.4 Å². The van der Waals surface area contributed by atoms with E-state index in [1.54, 1.807) is 6.92 Å². The van der Waals surface area contributed by atoms with Crippen LogP contribution in [0, 0.1) is 0 Å². The Labute approximate surface area is 176 Å². The monoisotopic (exact) mass is 439 g/mol. The summed E-state index contributed by atoms with van der Waals surface area (Å²) in [6.45, 7) is 1.40. The van der Waals surface area contributed by atoms with E-state index in [1.165, 1.54) is 36.4 Å². The van der Waals surface area contributed by atoms with Crippen LogP contribution in [0.1, 0.15) is 40.3 Å². The third kappa shape index (κ3) is 4.97.